The van der Waals surface area contributed by atoms with Crippen LogP contribution in [0, 0.1) is 17.2 Å². The van der Waals surface area contributed by atoms with Gasteiger partial charge < -0.3 is 20.3 Å². The Morgan fingerprint density at radius 1 is 1.12 bits per heavy atom. The number of nitrogens with one attached hydrogen (secondary N) is 2. The van der Waals surface area contributed by atoms with Crippen molar-refractivity contribution < 1.29 is 14.3 Å². The van der Waals surface area contributed by atoms with Crippen molar-refractivity contribution in [3.63, 3.8) is 0 Å². The summed E-state index contributed by atoms with van der Waals surface area (Å²) in [5.41, 5.74) is -0.881. The van der Waals surface area contributed by atoms with Crippen molar-refractivity contribution in [2.75, 3.05) is 39.4 Å². The van der Waals surface area contributed by atoms with Crippen LogP contribution in [-0.2, 0) is 9.53 Å². The van der Waals surface area contributed by atoms with E-state index >= 15 is 0 Å². The van der Waals surface area contributed by atoms with Gasteiger partial charge in [-0.2, -0.15) is 5.26 Å². The minimum atomic E-state index is -0.881. The number of rotatable bonds is 8. The van der Waals surface area contributed by atoms with E-state index < -0.39 is 11.6 Å². The number of hydrogen-bond donors (Lipinski definition) is 2. The van der Waals surface area contributed by atoms with Gasteiger partial charge in [0.25, 0.3) is 0 Å². The van der Waals surface area contributed by atoms with E-state index in [1.54, 1.807) is 4.90 Å². The fourth-order valence-electron chi connectivity index (χ4n) is 5.49. The lowest BCUT2D eigenvalue weighted by atomic mass is 9.84. The van der Waals surface area contributed by atoms with Gasteiger partial charge in [0.05, 0.1) is 19.3 Å². The molecule has 2 saturated heterocycles. The first-order chi connectivity index (χ1) is 15.5. The fourth-order valence-corrected chi connectivity index (χ4v) is 5.49. The summed E-state index contributed by atoms with van der Waals surface area (Å²) in [6, 6.07) is 2.02. The molecule has 3 aliphatic rings. The van der Waals surface area contributed by atoms with Crippen molar-refractivity contribution in [2.24, 2.45) is 5.92 Å². The third-order valence-corrected chi connectivity index (χ3v) is 7.54. The Morgan fingerprint density at radius 3 is 2.44 bits per heavy atom. The molecule has 8 nitrogen and oxygen atoms in total. The van der Waals surface area contributed by atoms with Gasteiger partial charge in [-0.15, -0.1) is 0 Å². The fraction of sp³-hybridized carbons (Fsp3) is 0.875. The van der Waals surface area contributed by atoms with E-state index in [-0.39, 0.29) is 11.9 Å². The molecule has 0 aromatic carbocycles. The number of nitriles is 1. The largest absolute Gasteiger partial charge is 0.378 e. The zero-order valence-electron chi connectivity index (χ0n) is 19.9. The van der Waals surface area contributed by atoms with Gasteiger partial charge in [0.2, 0.25) is 5.91 Å². The van der Waals surface area contributed by atoms with E-state index in [2.05, 4.69) is 35.5 Å². The molecule has 3 fully saturated rings. The monoisotopic (exact) mass is 447 g/mol. The Hall–Kier alpha value is -1.85. The van der Waals surface area contributed by atoms with E-state index in [0.29, 0.717) is 57.6 Å². The molecule has 1 aliphatic carbocycles. The van der Waals surface area contributed by atoms with Crippen molar-refractivity contribution >= 4 is 11.9 Å². The Kier molecular flexibility index (Phi) is 9.18. The number of urea groups is 1. The first kappa shape index (κ1) is 24.8. The highest BCUT2D eigenvalue weighted by Crippen LogP contribution is 2.29. The highest BCUT2D eigenvalue weighted by Gasteiger charge is 2.43. The number of morpholine rings is 1. The minimum Gasteiger partial charge on any atom is -0.378 e. The van der Waals surface area contributed by atoms with Gasteiger partial charge in [-0.05, 0) is 31.6 Å². The lowest BCUT2D eigenvalue weighted by molar-refractivity contribution is -0.124. The minimum absolute atomic E-state index is 0.208. The van der Waals surface area contributed by atoms with E-state index in [1.165, 1.54) is 19.3 Å². The molecule has 2 aliphatic heterocycles. The molecule has 0 radical (unpaired) electrons. The van der Waals surface area contributed by atoms with Crippen LogP contribution in [0.25, 0.3) is 0 Å². The van der Waals surface area contributed by atoms with Crippen LogP contribution in [0.4, 0.5) is 4.79 Å². The van der Waals surface area contributed by atoms with Gasteiger partial charge in [0, 0.05) is 32.2 Å². The van der Waals surface area contributed by atoms with Gasteiger partial charge in [0.1, 0.15) is 11.6 Å². The van der Waals surface area contributed by atoms with E-state index in [4.69, 9.17) is 4.74 Å². The standard InChI is InChI=1S/C24H41N5O3/c1-3-20(4-2)29-11-10-24(17-25,18-29)27-22(30)21(16-19-8-6-5-7-9-19)26-23(31)28-12-14-32-15-13-28/h19-21H,3-16,18H2,1-2H3,(H,26,31)(H,27,30). The lowest BCUT2D eigenvalue weighted by Crippen LogP contribution is -2.58. The molecule has 3 rings (SSSR count). The second kappa shape index (κ2) is 11.9. The number of nitrogens with zero attached hydrogens (tertiary/aromatic N) is 3. The molecule has 180 valence electrons. The van der Waals surface area contributed by atoms with Crippen LogP contribution >= 0.6 is 0 Å². The lowest BCUT2D eigenvalue weighted by Gasteiger charge is -2.33. The molecular formula is C24H41N5O3. The molecule has 2 heterocycles. The van der Waals surface area contributed by atoms with Crippen LogP contribution in [-0.4, -0.2) is 78.8 Å². The zero-order chi connectivity index (χ0) is 23.0. The zero-order valence-corrected chi connectivity index (χ0v) is 19.9. The summed E-state index contributed by atoms with van der Waals surface area (Å²) in [6.45, 7) is 7.82. The number of likely N-dealkylation sites (tertiary alicyclic amines) is 1. The molecule has 2 unspecified atom stereocenters. The predicted molar refractivity (Wildman–Crippen MR) is 123 cm³/mol. The van der Waals surface area contributed by atoms with Crippen molar-refractivity contribution in [3.05, 3.63) is 0 Å². The van der Waals surface area contributed by atoms with Crippen LogP contribution in [0.2, 0.25) is 0 Å². The summed E-state index contributed by atoms with van der Waals surface area (Å²) in [6.07, 6.45) is 9.14. The van der Waals surface area contributed by atoms with Crippen LogP contribution in [0.5, 0.6) is 0 Å². The highest BCUT2D eigenvalue weighted by molar-refractivity contribution is 5.88. The van der Waals surface area contributed by atoms with E-state index in [1.807, 2.05) is 0 Å². The second-order valence-electron chi connectivity index (χ2n) is 9.72. The summed E-state index contributed by atoms with van der Waals surface area (Å²) in [5, 5.41) is 16.1. The molecule has 0 spiro atoms. The molecular weight excluding hydrogens is 406 g/mol. The van der Waals surface area contributed by atoms with E-state index in [0.717, 1.165) is 32.2 Å². The van der Waals surface area contributed by atoms with E-state index in [9.17, 15) is 14.9 Å². The second-order valence-corrected chi connectivity index (χ2v) is 9.72. The van der Waals surface area contributed by atoms with Gasteiger partial charge in [0.15, 0.2) is 0 Å². The Balaban J connectivity index is 1.67. The van der Waals surface area contributed by atoms with Crippen molar-refractivity contribution in [3.8, 4) is 6.07 Å². The van der Waals surface area contributed by atoms with Gasteiger partial charge in [-0.1, -0.05) is 46.0 Å². The first-order valence-electron chi connectivity index (χ1n) is 12.6. The molecule has 32 heavy (non-hydrogen) atoms. The Bertz CT molecular complexity index is 665. The number of carbonyl (C=O) groups is 2. The average molecular weight is 448 g/mol. The van der Waals surface area contributed by atoms with Gasteiger partial charge in [-0.3, -0.25) is 9.69 Å². The van der Waals surface area contributed by atoms with Crippen LogP contribution in [0.3, 0.4) is 0 Å². The average Bonchev–Trinajstić information content (AvgIpc) is 3.24. The Morgan fingerprint density at radius 2 is 1.81 bits per heavy atom. The van der Waals surface area contributed by atoms with Gasteiger partial charge in [-0.25, -0.2) is 4.79 Å². The summed E-state index contributed by atoms with van der Waals surface area (Å²) < 4.78 is 5.35. The van der Waals surface area contributed by atoms with Crippen LogP contribution in [0.15, 0.2) is 0 Å². The molecule has 2 N–H and O–H groups in total. The maximum Gasteiger partial charge on any atom is 0.318 e. The third kappa shape index (κ3) is 6.35. The van der Waals surface area contributed by atoms with Crippen LogP contribution in [0.1, 0.15) is 71.6 Å². The highest BCUT2D eigenvalue weighted by atomic mass is 16.5. The Labute approximate surface area is 193 Å². The third-order valence-electron chi connectivity index (χ3n) is 7.54. The van der Waals surface area contributed by atoms with Crippen molar-refractivity contribution in [1.29, 1.82) is 5.26 Å². The van der Waals surface area contributed by atoms with Crippen LogP contribution < -0.4 is 10.6 Å². The number of ether oxygens (including phenoxy) is 1. The van der Waals surface area contributed by atoms with Crippen molar-refractivity contribution in [1.82, 2.24) is 20.4 Å². The SMILES string of the molecule is CCC(CC)N1CCC(C#N)(NC(=O)C(CC2CCCCC2)NC(=O)N2CCOCC2)C1. The molecule has 0 aromatic rings. The molecule has 0 aromatic heterocycles. The summed E-state index contributed by atoms with van der Waals surface area (Å²) >= 11 is 0. The quantitative estimate of drug-likeness (QED) is 0.596. The summed E-state index contributed by atoms with van der Waals surface area (Å²) in [5.74, 6) is 0.220. The summed E-state index contributed by atoms with van der Waals surface area (Å²) in [7, 11) is 0. The molecule has 1 saturated carbocycles. The number of amides is 3. The maximum absolute atomic E-state index is 13.4. The smallest absolute Gasteiger partial charge is 0.318 e. The molecule has 2 atom stereocenters. The maximum atomic E-state index is 13.4. The predicted octanol–water partition coefficient (Wildman–Crippen LogP) is 2.64. The number of carbonyl (C=O) groups excluding carboxylic acids is 2. The molecule has 3 amide bonds. The first-order valence-corrected chi connectivity index (χ1v) is 12.6. The number of hydrogen-bond acceptors (Lipinski definition) is 5. The summed E-state index contributed by atoms with van der Waals surface area (Å²) in [4.78, 5) is 30.3. The van der Waals surface area contributed by atoms with Gasteiger partial charge >= 0.3 is 6.03 Å². The molecule has 8 heteroatoms. The molecule has 0 bridgehead atoms. The normalized spacial score (nSPS) is 26.0. The van der Waals surface area contributed by atoms with Crippen molar-refractivity contribution in [2.45, 2.75) is 89.3 Å². The topological polar surface area (TPSA) is 97.7 Å².